The van der Waals surface area contributed by atoms with Crippen molar-refractivity contribution in [3.05, 3.63) is 77.3 Å². The maximum atomic E-state index is 13.3. The Hall–Kier alpha value is -3.09. The van der Waals surface area contributed by atoms with Gasteiger partial charge in [0.1, 0.15) is 17.9 Å². The molecule has 4 rings (SSSR count). The first-order chi connectivity index (χ1) is 13.1. The predicted octanol–water partition coefficient (Wildman–Crippen LogP) is 3.13. The van der Waals surface area contributed by atoms with Crippen LogP contribution in [-0.4, -0.2) is 38.8 Å². The summed E-state index contributed by atoms with van der Waals surface area (Å²) in [5, 5.41) is 0. The van der Waals surface area contributed by atoms with Gasteiger partial charge in [0.15, 0.2) is 5.89 Å². The molecule has 1 aromatic carbocycles. The molecule has 7 heteroatoms. The van der Waals surface area contributed by atoms with Gasteiger partial charge in [0.05, 0.1) is 23.4 Å². The van der Waals surface area contributed by atoms with Gasteiger partial charge in [-0.05, 0) is 31.0 Å². The van der Waals surface area contributed by atoms with Crippen molar-refractivity contribution in [1.82, 2.24) is 19.9 Å². The number of aryl methyl sites for hydroxylation is 1. The van der Waals surface area contributed by atoms with Crippen molar-refractivity contribution in [2.45, 2.75) is 25.7 Å². The molecule has 0 radical (unpaired) electrons. The average molecular weight is 366 g/mol. The number of nitrogens with zero attached hydrogens (tertiary/aromatic N) is 4. The van der Waals surface area contributed by atoms with Crippen molar-refractivity contribution < 1.29 is 13.6 Å². The van der Waals surface area contributed by atoms with E-state index in [1.807, 2.05) is 6.07 Å². The van der Waals surface area contributed by atoms with Gasteiger partial charge in [0, 0.05) is 25.7 Å². The van der Waals surface area contributed by atoms with Crippen LogP contribution in [0.3, 0.4) is 0 Å². The Morgan fingerprint density at radius 1 is 1.33 bits per heavy atom. The van der Waals surface area contributed by atoms with Crippen LogP contribution in [0.5, 0.6) is 0 Å². The Morgan fingerprint density at radius 3 is 3.04 bits per heavy atom. The number of carbonyl (C=O) groups excluding carboxylic acids is 1. The Morgan fingerprint density at radius 2 is 2.22 bits per heavy atom. The second-order valence-electron chi connectivity index (χ2n) is 6.73. The highest BCUT2D eigenvalue weighted by Gasteiger charge is 2.31. The molecule has 6 nitrogen and oxygen atoms in total. The van der Waals surface area contributed by atoms with Crippen molar-refractivity contribution in [3.63, 3.8) is 0 Å². The van der Waals surface area contributed by atoms with Gasteiger partial charge in [0.25, 0.3) is 5.91 Å². The summed E-state index contributed by atoms with van der Waals surface area (Å²) >= 11 is 0. The summed E-state index contributed by atoms with van der Waals surface area (Å²) in [6.45, 7) is 2.99. The highest BCUT2D eigenvalue weighted by molar-refractivity contribution is 5.95. The van der Waals surface area contributed by atoms with Crippen molar-refractivity contribution in [3.8, 4) is 0 Å². The van der Waals surface area contributed by atoms with Crippen LogP contribution in [0.1, 0.15) is 45.6 Å². The largest absolute Gasteiger partial charge is 0.445 e. The number of hydrogen-bond donors (Lipinski definition) is 0. The van der Waals surface area contributed by atoms with Gasteiger partial charge < -0.3 is 9.32 Å². The van der Waals surface area contributed by atoms with Crippen LogP contribution in [0.4, 0.5) is 4.39 Å². The lowest BCUT2D eigenvalue weighted by molar-refractivity contribution is 0.0788. The van der Waals surface area contributed by atoms with Gasteiger partial charge in [-0.25, -0.2) is 19.3 Å². The number of aromatic nitrogens is 3. The van der Waals surface area contributed by atoms with E-state index >= 15 is 0 Å². The molecule has 0 saturated carbocycles. The summed E-state index contributed by atoms with van der Waals surface area (Å²) in [6, 6.07) is 6.44. The van der Waals surface area contributed by atoms with E-state index < -0.39 is 0 Å². The third-order valence-electron chi connectivity index (χ3n) is 4.81. The summed E-state index contributed by atoms with van der Waals surface area (Å²) in [5.74, 6) is 1.03. The molecule has 2 aromatic heterocycles. The first-order valence-corrected chi connectivity index (χ1v) is 8.85. The van der Waals surface area contributed by atoms with Crippen LogP contribution < -0.4 is 0 Å². The van der Waals surface area contributed by atoms with E-state index in [-0.39, 0.29) is 17.6 Å². The topological polar surface area (TPSA) is 72.1 Å². The van der Waals surface area contributed by atoms with E-state index in [9.17, 15) is 9.18 Å². The third-order valence-corrected chi connectivity index (χ3v) is 4.81. The quantitative estimate of drug-likeness (QED) is 0.709. The van der Waals surface area contributed by atoms with E-state index in [0.717, 1.165) is 12.0 Å². The molecular formula is C20H19FN4O2. The smallest absolute Gasteiger partial charge is 0.257 e. The monoisotopic (exact) mass is 366 g/mol. The fourth-order valence-corrected chi connectivity index (χ4v) is 3.36. The highest BCUT2D eigenvalue weighted by atomic mass is 19.1. The minimum Gasteiger partial charge on any atom is -0.445 e. The van der Waals surface area contributed by atoms with Crippen LogP contribution in [0.2, 0.25) is 0 Å². The Balaban J connectivity index is 1.43. The molecule has 0 bridgehead atoms. The summed E-state index contributed by atoms with van der Waals surface area (Å²) < 4.78 is 19.2. The van der Waals surface area contributed by atoms with Crippen LogP contribution in [0.25, 0.3) is 0 Å². The normalized spacial score (nSPS) is 16.7. The number of oxazole rings is 1. The summed E-state index contributed by atoms with van der Waals surface area (Å²) in [6.07, 6.45) is 5.95. The fraction of sp³-hybridized carbons (Fsp3) is 0.300. The fourth-order valence-electron chi connectivity index (χ4n) is 3.36. The number of hydrogen-bond acceptors (Lipinski definition) is 5. The van der Waals surface area contributed by atoms with Gasteiger partial charge in [-0.3, -0.25) is 4.79 Å². The van der Waals surface area contributed by atoms with E-state index in [4.69, 9.17) is 4.42 Å². The Labute approximate surface area is 156 Å². The average Bonchev–Trinajstić information content (AvgIpc) is 3.31. The lowest BCUT2D eigenvalue weighted by Gasteiger charge is -2.16. The molecule has 1 saturated heterocycles. The van der Waals surface area contributed by atoms with Gasteiger partial charge >= 0.3 is 0 Å². The van der Waals surface area contributed by atoms with Crippen molar-refractivity contribution in [1.29, 1.82) is 0 Å². The van der Waals surface area contributed by atoms with Crippen LogP contribution in [0.15, 0.2) is 47.4 Å². The molecule has 1 aliphatic rings. The molecule has 0 spiro atoms. The lowest BCUT2D eigenvalue weighted by atomic mass is 10.1. The van der Waals surface area contributed by atoms with Gasteiger partial charge in [-0.1, -0.05) is 12.1 Å². The molecule has 1 aliphatic heterocycles. The zero-order chi connectivity index (χ0) is 18.8. The Kier molecular flexibility index (Phi) is 4.66. The maximum Gasteiger partial charge on any atom is 0.257 e. The molecule has 0 aliphatic carbocycles. The summed E-state index contributed by atoms with van der Waals surface area (Å²) in [5.41, 5.74) is 2.03. The van der Waals surface area contributed by atoms with Crippen molar-refractivity contribution in [2.75, 3.05) is 13.1 Å². The zero-order valence-electron chi connectivity index (χ0n) is 14.9. The van der Waals surface area contributed by atoms with E-state index in [0.29, 0.717) is 42.4 Å². The van der Waals surface area contributed by atoms with E-state index in [2.05, 4.69) is 15.0 Å². The van der Waals surface area contributed by atoms with Crippen molar-refractivity contribution >= 4 is 5.91 Å². The predicted molar refractivity (Wildman–Crippen MR) is 95.7 cm³/mol. The molecular weight excluding hydrogens is 347 g/mol. The highest BCUT2D eigenvalue weighted by Crippen LogP contribution is 2.28. The minimum absolute atomic E-state index is 0.0557. The SMILES string of the molecule is Cc1ncncc1C(=O)N1CCC(c2ncc(Cc3cccc(F)c3)o2)C1. The molecule has 3 heterocycles. The number of rotatable bonds is 4. The summed E-state index contributed by atoms with van der Waals surface area (Å²) in [7, 11) is 0. The van der Waals surface area contributed by atoms with Gasteiger partial charge in [-0.15, -0.1) is 0 Å². The minimum atomic E-state index is -0.266. The van der Waals surface area contributed by atoms with Crippen LogP contribution >= 0.6 is 0 Å². The van der Waals surface area contributed by atoms with Gasteiger partial charge in [0.2, 0.25) is 0 Å². The standard InChI is InChI=1S/C20H19FN4O2/c1-13-18(10-22-12-24-13)20(26)25-6-5-15(11-25)19-23-9-17(27-19)8-14-3-2-4-16(21)7-14/h2-4,7,9-10,12,15H,5-6,8,11H2,1H3. The number of amides is 1. The lowest BCUT2D eigenvalue weighted by Crippen LogP contribution is -2.29. The van der Waals surface area contributed by atoms with Crippen LogP contribution in [-0.2, 0) is 6.42 Å². The number of likely N-dealkylation sites (tertiary alicyclic amines) is 1. The Bertz CT molecular complexity index is 972. The molecule has 3 aromatic rings. The van der Waals surface area contributed by atoms with Gasteiger partial charge in [-0.2, -0.15) is 0 Å². The van der Waals surface area contributed by atoms with Crippen molar-refractivity contribution in [2.24, 2.45) is 0 Å². The molecule has 1 atom stereocenters. The zero-order valence-corrected chi connectivity index (χ0v) is 14.9. The van der Waals surface area contributed by atoms with E-state index in [1.54, 1.807) is 30.3 Å². The summed E-state index contributed by atoms with van der Waals surface area (Å²) in [4.78, 5) is 26.9. The second-order valence-corrected chi connectivity index (χ2v) is 6.73. The number of benzene rings is 1. The maximum absolute atomic E-state index is 13.3. The number of halogens is 1. The molecule has 0 N–H and O–H groups in total. The molecule has 1 amide bonds. The second kappa shape index (κ2) is 7.26. The van der Waals surface area contributed by atoms with Crippen LogP contribution in [0, 0.1) is 12.7 Å². The molecule has 138 valence electrons. The number of carbonyl (C=O) groups is 1. The third kappa shape index (κ3) is 3.72. The molecule has 27 heavy (non-hydrogen) atoms. The first kappa shape index (κ1) is 17.3. The molecule has 1 fully saturated rings. The first-order valence-electron chi connectivity index (χ1n) is 8.85. The van der Waals surface area contributed by atoms with E-state index in [1.165, 1.54) is 18.5 Å². The molecule has 1 unspecified atom stereocenters.